The minimum atomic E-state index is -3.43. The Labute approximate surface area is 115 Å². The Bertz CT molecular complexity index is 721. The number of rotatable bonds is 3. The number of nitrogens with zero attached hydrogens (tertiary/aromatic N) is 2. The van der Waals surface area contributed by atoms with Crippen molar-refractivity contribution in [3.05, 3.63) is 46.4 Å². The Kier molecular flexibility index (Phi) is 3.08. The average molecular weight is 293 g/mol. The summed E-state index contributed by atoms with van der Waals surface area (Å²) in [4.78, 5) is 8.79. The molecule has 1 aliphatic rings. The van der Waals surface area contributed by atoms with E-state index in [1.54, 1.807) is 41.8 Å². The third-order valence-corrected chi connectivity index (χ3v) is 4.98. The molecule has 0 atom stereocenters. The van der Waals surface area contributed by atoms with Gasteiger partial charge in [0.1, 0.15) is 5.84 Å². The monoisotopic (exact) mass is 293 g/mol. The van der Waals surface area contributed by atoms with Gasteiger partial charge in [-0.25, -0.2) is 13.4 Å². The van der Waals surface area contributed by atoms with Gasteiger partial charge in [0.15, 0.2) is 0 Å². The van der Waals surface area contributed by atoms with Gasteiger partial charge >= 0.3 is 0 Å². The molecule has 98 valence electrons. The highest BCUT2D eigenvalue weighted by molar-refractivity contribution is 7.90. The topological polar surface area (TPSA) is 71.4 Å². The maximum atomic E-state index is 11.9. The summed E-state index contributed by atoms with van der Waals surface area (Å²) in [6.07, 6.45) is 2.46. The summed E-state index contributed by atoms with van der Waals surface area (Å²) in [6.45, 7) is 0.514. The summed E-state index contributed by atoms with van der Waals surface area (Å²) in [5.41, 5.74) is 0.640. The van der Waals surface area contributed by atoms with Crippen molar-refractivity contribution in [2.24, 2.45) is 4.99 Å². The average Bonchev–Trinajstić information content (AvgIpc) is 2.98. The van der Waals surface area contributed by atoms with E-state index in [0.29, 0.717) is 29.3 Å². The van der Waals surface area contributed by atoms with Crippen LogP contribution in [0.2, 0.25) is 0 Å². The fraction of sp³-hybridized carbons (Fsp3) is 0.167. The molecule has 0 unspecified atom stereocenters. The van der Waals surface area contributed by atoms with Crippen LogP contribution in [0.3, 0.4) is 0 Å². The molecule has 0 bridgehead atoms. The molecule has 0 amide bonds. The summed E-state index contributed by atoms with van der Waals surface area (Å²) in [5, 5.41) is 2.91. The van der Waals surface area contributed by atoms with Gasteiger partial charge in [0.2, 0.25) is 0 Å². The second-order valence-electron chi connectivity index (χ2n) is 4.01. The first-order chi connectivity index (χ1) is 9.17. The van der Waals surface area contributed by atoms with Crippen LogP contribution < -0.4 is 4.72 Å². The number of amidine groups is 1. The van der Waals surface area contributed by atoms with E-state index in [1.165, 1.54) is 0 Å². The lowest BCUT2D eigenvalue weighted by Crippen LogP contribution is -2.22. The second-order valence-corrected chi connectivity index (χ2v) is 6.64. The normalized spacial score (nSPS) is 18.2. The molecule has 0 saturated heterocycles. The largest absolute Gasteiger partial charge is 0.267 e. The quantitative estimate of drug-likeness (QED) is 0.930. The fourth-order valence-electron chi connectivity index (χ4n) is 1.89. The molecule has 2 aromatic rings. The number of hydrogen-bond acceptors (Lipinski definition) is 5. The van der Waals surface area contributed by atoms with Crippen LogP contribution in [-0.2, 0) is 16.4 Å². The third kappa shape index (κ3) is 2.39. The Balaban J connectivity index is 1.83. The number of benzene rings is 1. The molecule has 0 aliphatic carbocycles. The minimum Gasteiger partial charge on any atom is -0.267 e. The van der Waals surface area contributed by atoms with Gasteiger partial charge in [-0.15, -0.1) is 11.3 Å². The molecule has 0 fully saturated rings. The summed E-state index contributed by atoms with van der Waals surface area (Å²) in [6, 6.07) is 6.85. The van der Waals surface area contributed by atoms with Crippen LogP contribution in [0.1, 0.15) is 10.6 Å². The van der Waals surface area contributed by atoms with Gasteiger partial charge in [-0.1, -0.05) is 12.1 Å². The number of hydrogen-bond donors (Lipinski definition) is 1. The predicted molar refractivity (Wildman–Crippen MR) is 74.0 cm³/mol. The van der Waals surface area contributed by atoms with Gasteiger partial charge in [0.05, 0.1) is 9.90 Å². The predicted octanol–water partition coefficient (Wildman–Crippen LogP) is 1.42. The molecule has 2 heterocycles. The van der Waals surface area contributed by atoms with Crippen LogP contribution in [0.15, 0.2) is 45.7 Å². The van der Waals surface area contributed by atoms with Crippen LogP contribution in [-0.4, -0.2) is 25.8 Å². The molecule has 1 aromatic carbocycles. The van der Waals surface area contributed by atoms with Crippen LogP contribution in [0.25, 0.3) is 0 Å². The molecule has 19 heavy (non-hydrogen) atoms. The molecule has 7 heteroatoms. The molecule has 0 spiro atoms. The number of thiazole rings is 1. The highest BCUT2D eigenvalue weighted by atomic mass is 32.2. The number of nitrogens with one attached hydrogen (secondary N) is 1. The highest BCUT2D eigenvalue weighted by Crippen LogP contribution is 2.22. The first kappa shape index (κ1) is 12.3. The molecular formula is C12H11N3O2S2. The molecule has 0 saturated carbocycles. The smallest absolute Gasteiger partial charge is 0.263 e. The SMILES string of the molecule is O=S1(=O)NC(=NCCc2nccs2)c2ccccc21. The van der Waals surface area contributed by atoms with Crippen molar-refractivity contribution in [3.63, 3.8) is 0 Å². The highest BCUT2D eigenvalue weighted by Gasteiger charge is 2.29. The van der Waals surface area contributed by atoms with E-state index in [4.69, 9.17) is 0 Å². The Morgan fingerprint density at radius 2 is 2.16 bits per heavy atom. The first-order valence-electron chi connectivity index (χ1n) is 5.72. The lowest BCUT2D eigenvalue weighted by molar-refractivity contribution is 0.595. The zero-order valence-corrected chi connectivity index (χ0v) is 11.5. The Morgan fingerprint density at radius 1 is 1.32 bits per heavy atom. The van der Waals surface area contributed by atoms with Gasteiger partial charge in [-0.2, -0.15) is 0 Å². The van der Waals surface area contributed by atoms with Gasteiger partial charge in [-0.05, 0) is 12.1 Å². The fourth-order valence-corrected chi connectivity index (χ4v) is 3.75. The lowest BCUT2D eigenvalue weighted by atomic mass is 10.2. The van der Waals surface area contributed by atoms with Crippen molar-refractivity contribution in [2.45, 2.75) is 11.3 Å². The van der Waals surface area contributed by atoms with Crippen molar-refractivity contribution < 1.29 is 8.42 Å². The number of fused-ring (bicyclic) bond motifs is 1. The Hall–Kier alpha value is -1.73. The molecule has 3 rings (SSSR count). The zero-order valence-electron chi connectivity index (χ0n) is 9.91. The van der Waals surface area contributed by atoms with E-state index in [0.717, 1.165) is 5.01 Å². The van der Waals surface area contributed by atoms with Crippen LogP contribution >= 0.6 is 11.3 Å². The number of aromatic nitrogens is 1. The molecule has 0 radical (unpaired) electrons. The maximum absolute atomic E-state index is 11.9. The van der Waals surface area contributed by atoms with Gasteiger partial charge in [-0.3, -0.25) is 9.71 Å². The van der Waals surface area contributed by atoms with Crippen molar-refractivity contribution in [2.75, 3.05) is 6.54 Å². The van der Waals surface area contributed by atoms with Gasteiger partial charge in [0, 0.05) is 30.1 Å². The van der Waals surface area contributed by atoms with E-state index in [-0.39, 0.29) is 0 Å². The van der Waals surface area contributed by atoms with E-state index in [9.17, 15) is 8.42 Å². The summed E-state index contributed by atoms with van der Waals surface area (Å²) in [7, 11) is -3.43. The molecule has 1 aromatic heterocycles. The van der Waals surface area contributed by atoms with Crippen LogP contribution in [0.5, 0.6) is 0 Å². The zero-order chi connectivity index (χ0) is 13.3. The number of sulfonamides is 1. The maximum Gasteiger partial charge on any atom is 0.263 e. The molecule has 1 aliphatic heterocycles. The van der Waals surface area contributed by atoms with Gasteiger partial charge in [0.25, 0.3) is 10.0 Å². The van der Waals surface area contributed by atoms with Crippen LogP contribution in [0, 0.1) is 0 Å². The Morgan fingerprint density at radius 3 is 2.95 bits per heavy atom. The van der Waals surface area contributed by atoms with E-state index < -0.39 is 10.0 Å². The first-order valence-corrected chi connectivity index (χ1v) is 8.08. The summed E-state index contributed by atoms with van der Waals surface area (Å²) >= 11 is 1.57. The van der Waals surface area contributed by atoms with Crippen LogP contribution in [0.4, 0.5) is 0 Å². The lowest BCUT2D eigenvalue weighted by Gasteiger charge is -1.98. The van der Waals surface area contributed by atoms with Crippen molar-refractivity contribution in [1.29, 1.82) is 0 Å². The minimum absolute atomic E-state index is 0.294. The van der Waals surface area contributed by atoms with Crippen molar-refractivity contribution in [3.8, 4) is 0 Å². The second kappa shape index (κ2) is 4.75. The standard InChI is InChI=1S/C12H11N3O2S2/c16-19(17)10-4-2-1-3-9(10)12(15-19)14-6-5-11-13-7-8-18-11/h1-4,7-8H,5-6H2,(H,14,15). The number of aliphatic imine (C=N–C) groups is 1. The molecule has 5 nitrogen and oxygen atoms in total. The van der Waals surface area contributed by atoms with Gasteiger partial charge < -0.3 is 0 Å². The third-order valence-electron chi connectivity index (χ3n) is 2.74. The van der Waals surface area contributed by atoms with Crippen molar-refractivity contribution in [1.82, 2.24) is 9.71 Å². The van der Waals surface area contributed by atoms with E-state index >= 15 is 0 Å². The summed E-state index contributed by atoms with van der Waals surface area (Å²) < 4.78 is 26.2. The van der Waals surface area contributed by atoms with E-state index in [2.05, 4.69) is 14.7 Å². The molecular weight excluding hydrogens is 282 g/mol. The van der Waals surface area contributed by atoms with E-state index in [1.807, 2.05) is 5.38 Å². The molecule has 1 N–H and O–H groups in total. The van der Waals surface area contributed by atoms with Crippen molar-refractivity contribution >= 4 is 27.2 Å². The summed E-state index contributed by atoms with van der Waals surface area (Å²) in [5.74, 6) is 0.423.